The maximum Gasteiger partial charge on any atom is 0.337 e. The van der Waals surface area contributed by atoms with Gasteiger partial charge in [-0.15, -0.1) is 0 Å². The van der Waals surface area contributed by atoms with Gasteiger partial charge in [0.25, 0.3) is 0 Å². The zero-order valence-corrected chi connectivity index (χ0v) is 14.8. The summed E-state index contributed by atoms with van der Waals surface area (Å²) in [6.07, 6.45) is 2.26. The van der Waals surface area contributed by atoms with Gasteiger partial charge in [-0.3, -0.25) is 9.69 Å². The summed E-state index contributed by atoms with van der Waals surface area (Å²) in [5.41, 5.74) is 0.706. The largest absolute Gasteiger partial charge is 0.465 e. The van der Waals surface area contributed by atoms with Crippen molar-refractivity contribution in [2.45, 2.75) is 19.8 Å². The van der Waals surface area contributed by atoms with Crippen LogP contribution in [-0.4, -0.2) is 56.6 Å². The Labute approximate surface area is 147 Å². The van der Waals surface area contributed by atoms with E-state index in [1.54, 1.807) is 0 Å². The molecule has 1 aliphatic rings. The van der Waals surface area contributed by atoms with E-state index in [1.165, 1.54) is 38.8 Å². The highest BCUT2D eigenvalue weighted by atomic mass is 16.5. The van der Waals surface area contributed by atoms with E-state index in [2.05, 4.69) is 26.6 Å². The monoisotopic (exact) mass is 348 g/mol. The number of likely N-dealkylation sites (tertiary alicyclic amines) is 1. The van der Waals surface area contributed by atoms with Crippen LogP contribution >= 0.6 is 0 Å². The van der Waals surface area contributed by atoms with Crippen LogP contribution in [-0.2, 0) is 14.3 Å². The predicted octanol–water partition coefficient (Wildman–Crippen LogP) is 1.93. The molecule has 0 spiro atoms. The van der Waals surface area contributed by atoms with Crippen molar-refractivity contribution in [3.8, 4) is 0 Å². The summed E-state index contributed by atoms with van der Waals surface area (Å²) < 4.78 is 9.37. The molecule has 25 heavy (non-hydrogen) atoms. The van der Waals surface area contributed by atoms with Gasteiger partial charge in [-0.1, -0.05) is 6.92 Å². The number of carbonyl (C=O) groups excluding carboxylic acids is 3. The van der Waals surface area contributed by atoms with Crippen molar-refractivity contribution < 1.29 is 23.9 Å². The zero-order chi connectivity index (χ0) is 18.4. The number of carbonyl (C=O) groups is 3. The molecule has 1 aromatic rings. The highest BCUT2D eigenvalue weighted by Crippen LogP contribution is 2.18. The van der Waals surface area contributed by atoms with Crippen LogP contribution in [0.25, 0.3) is 0 Å². The summed E-state index contributed by atoms with van der Waals surface area (Å²) in [4.78, 5) is 38.0. The Hall–Kier alpha value is -2.41. The maximum absolute atomic E-state index is 12.3. The fourth-order valence-electron chi connectivity index (χ4n) is 3.01. The van der Waals surface area contributed by atoms with Gasteiger partial charge in [0.1, 0.15) is 0 Å². The second kappa shape index (κ2) is 8.62. The first-order chi connectivity index (χ1) is 11.9. The van der Waals surface area contributed by atoms with Gasteiger partial charge < -0.3 is 14.8 Å². The standard InChI is InChI=1S/C18H24N2O5/c1-12-5-4-6-20(10-12)11-16(21)19-15-8-13(17(22)24-2)7-14(9-15)18(23)25-3/h7-9,12H,4-6,10-11H2,1-3H3,(H,19,21). The number of nitrogens with zero attached hydrogens (tertiary/aromatic N) is 1. The highest BCUT2D eigenvalue weighted by Gasteiger charge is 2.19. The SMILES string of the molecule is COC(=O)c1cc(NC(=O)CN2CCCC(C)C2)cc(C(=O)OC)c1. The third-order valence-electron chi connectivity index (χ3n) is 4.17. The van der Waals surface area contributed by atoms with Gasteiger partial charge in [-0.2, -0.15) is 0 Å². The van der Waals surface area contributed by atoms with E-state index < -0.39 is 11.9 Å². The van der Waals surface area contributed by atoms with Crippen LogP contribution in [0, 0.1) is 5.92 Å². The quantitative estimate of drug-likeness (QED) is 0.819. The number of hydrogen-bond acceptors (Lipinski definition) is 6. The lowest BCUT2D eigenvalue weighted by molar-refractivity contribution is -0.117. The number of methoxy groups -OCH3 is 2. The molecule has 1 unspecified atom stereocenters. The number of anilines is 1. The summed E-state index contributed by atoms with van der Waals surface area (Å²) in [5.74, 6) is -0.792. The average molecular weight is 348 g/mol. The van der Waals surface area contributed by atoms with Crippen LogP contribution in [0.1, 0.15) is 40.5 Å². The van der Waals surface area contributed by atoms with Crippen molar-refractivity contribution >= 4 is 23.5 Å². The smallest absolute Gasteiger partial charge is 0.337 e. The van der Waals surface area contributed by atoms with Crippen LogP contribution in [0.4, 0.5) is 5.69 Å². The molecule has 2 rings (SSSR count). The Kier molecular flexibility index (Phi) is 6.52. The summed E-state index contributed by atoms with van der Waals surface area (Å²) >= 11 is 0. The summed E-state index contributed by atoms with van der Waals surface area (Å²) in [7, 11) is 2.51. The fourth-order valence-corrected chi connectivity index (χ4v) is 3.01. The minimum absolute atomic E-state index is 0.173. The minimum Gasteiger partial charge on any atom is -0.465 e. The molecule has 7 nitrogen and oxygen atoms in total. The zero-order valence-electron chi connectivity index (χ0n) is 14.8. The van der Waals surface area contributed by atoms with Crippen molar-refractivity contribution in [3.05, 3.63) is 29.3 Å². The number of piperidine rings is 1. The Bertz CT molecular complexity index is 625. The van der Waals surface area contributed by atoms with Crippen LogP contribution < -0.4 is 5.32 Å². The van der Waals surface area contributed by atoms with Gasteiger partial charge >= 0.3 is 11.9 Å². The highest BCUT2D eigenvalue weighted by molar-refractivity contribution is 5.99. The second-order valence-electron chi connectivity index (χ2n) is 6.31. The van der Waals surface area contributed by atoms with E-state index >= 15 is 0 Å². The molecule has 1 saturated heterocycles. The number of ether oxygens (including phenoxy) is 2. The fraction of sp³-hybridized carbons (Fsp3) is 0.500. The topological polar surface area (TPSA) is 84.9 Å². The number of benzene rings is 1. The summed E-state index contributed by atoms with van der Waals surface area (Å²) in [6, 6.07) is 4.34. The van der Waals surface area contributed by atoms with E-state index in [0.29, 0.717) is 11.6 Å². The molecule has 0 saturated carbocycles. The van der Waals surface area contributed by atoms with Crippen LogP contribution in [0.3, 0.4) is 0 Å². The molecule has 0 aliphatic carbocycles. The molecule has 1 atom stereocenters. The molecule has 7 heteroatoms. The third kappa shape index (κ3) is 5.29. The molecule has 0 bridgehead atoms. The molecule has 1 fully saturated rings. The lowest BCUT2D eigenvalue weighted by Crippen LogP contribution is -2.39. The molecule has 136 valence electrons. The number of esters is 2. The van der Waals surface area contributed by atoms with E-state index in [4.69, 9.17) is 0 Å². The number of amides is 1. The number of nitrogens with one attached hydrogen (secondary N) is 1. The Morgan fingerprint density at radius 1 is 1.12 bits per heavy atom. The van der Waals surface area contributed by atoms with E-state index in [1.807, 2.05) is 0 Å². The van der Waals surface area contributed by atoms with E-state index in [-0.39, 0.29) is 23.6 Å². The molecular weight excluding hydrogens is 324 g/mol. The molecule has 1 aromatic carbocycles. The lowest BCUT2D eigenvalue weighted by atomic mass is 10.0. The van der Waals surface area contributed by atoms with Crippen LogP contribution in [0.15, 0.2) is 18.2 Å². The number of hydrogen-bond donors (Lipinski definition) is 1. The van der Waals surface area contributed by atoms with E-state index in [9.17, 15) is 14.4 Å². The first-order valence-electron chi connectivity index (χ1n) is 8.27. The van der Waals surface area contributed by atoms with Crippen LogP contribution in [0.5, 0.6) is 0 Å². The third-order valence-corrected chi connectivity index (χ3v) is 4.17. The van der Waals surface area contributed by atoms with Gasteiger partial charge in [-0.05, 0) is 43.5 Å². The number of rotatable bonds is 5. The molecule has 1 aliphatic heterocycles. The molecule has 0 aromatic heterocycles. The van der Waals surface area contributed by atoms with Gasteiger partial charge in [-0.25, -0.2) is 9.59 Å². The molecule has 1 N–H and O–H groups in total. The normalized spacial score (nSPS) is 17.6. The van der Waals surface area contributed by atoms with E-state index in [0.717, 1.165) is 19.5 Å². The molecule has 1 amide bonds. The van der Waals surface area contributed by atoms with Crippen molar-refractivity contribution in [2.24, 2.45) is 5.92 Å². The maximum atomic E-state index is 12.3. The lowest BCUT2D eigenvalue weighted by Gasteiger charge is -2.30. The Morgan fingerprint density at radius 3 is 2.24 bits per heavy atom. The molecule has 0 radical (unpaired) electrons. The Balaban J connectivity index is 2.12. The van der Waals surface area contributed by atoms with Gasteiger partial charge in [0.2, 0.25) is 5.91 Å². The van der Waals surface area contributed by atoms with Crippen LogP contribution in [0.2, 0.25) is 0 Å². The predicted molar refractivity (Wildman–Crippen MR) is 92.6 cm³/mol. The van der Waals surface area contributed by atoms with Crippen molar-refractivity contribution in [1.82, 2.24) is 4.90 Å². The van der Waals surface area contributed by atoms with Crippen molar-refractivity contribution in [2.75, 3.05) is 39.2 Å². The van der Waals surface area contributed by atoms with Gasteiger partial charge in [0.15, 0.2) is 0 Å². The first-order valence-corrected chi connectivity index (χ1v) is 8.27. The van der Waals surface area contributed by atoms with Crippen molar-refractivity contribution in [3.63, 3.8) is 0 Å². The van der Waals surface area contributed by atoms with Crippen molar-refractivity contribution in [1.29, 1.82) is 0 Å². The second-order valence-corrected chi connectivity index (χ2v) is 6.31. The minimum atomic E-state index is -0.592. The average Bonchev–Trinajstić information content (AvgIpc) is 2.59. The summed E-state index contributed by atoms with van der Waals surface area (Å²) in [6.45, 7) is 4.24. The first kappa shape index (κ1) is 18.9. The Morgan fingerprint density at radius 2 is 1.72 bits per heavy atom. The summed E-state index contributed by atoms with van der Waals surface area (Å²) in [5, 5.41) is 2.75. The van der Waals surface area contributed by atoms with Gasteiger partial charge in [0.05, 0.1) is 31.9 Å². The van der Waals surface area contributed by atoms with Gasteiger partial charge in [0, 0.05) is 12.2 Å². The molecule has 1 heterocycles. The molecular formula is C18H24N2O5.